The Morgan fingerprint density at radius 3 is 2.45 bits per heavy atom. The van der Waals surface area contributed by atoms with Gasteiger partial charge in [-0.25, -0.2) is 0 Å². The zero-order valence-electron chi connectivity index (χ0n) is 12.1. The van der Waals surface area contributed by atoms with Gasteiger partial charge in [-0.05, 0) is 55.0 Å². The van der Waals surface area contributed by atoms with E-state index in [9.17, 15) is 0 Å². The van der Waals surface area contributed by atoms with Gasteiger partial charge in [-0.15, -0.1) is 0 Å². The number of aryl methyl sites for hydroxylation is 1. The summed E-state index contributed by atoms with van der Waals surface area (Å²) in [6.45, 7) is 2.13. The minimum absolute atomic E-state index is 0.773. The molecule has 4 rings (SSSR count). The highest BCUT2D eigenvalue weighted by atomic mass is 35.5. The average Bonchev–Trinajstić information content (AvgIpc) is 2.53. The van der Waals surface area contributed by atoms with Crippen LogP contribution in [0.4, 0.5) is 17.1 Å². The summed E-state index contributed by atoms with van der Waals surface area (Å²) in [5, 5.41) is 0.773. The molecule has 1 heterocycles. The molecule has 0 saturated heterocycles. The Hall–Kier alpha value is -1.90. The fraction of sp³-hybridized carbons (Fsp3) is 0.0526. The second kappa shape index (κ2) is 5.38. The van der Waals surface area contributed by atoms with E-state index in [1.165, 1.54) is 32.4 Å². The molecule has 0 spiro atoms. The van der Waals surface area contributed by atoms with Crippen molar-refractivity contribution in [1.29, 1.82) is 0 Å². The highest BCUT2D eigenvalue weighted by molar-refractivity contribution is 7.99. The summed E-state index contributed by atoms with van der Waals surface area (Å²) in [6, 6.07) is 23.2. The van der Waals surface area contributed by atoms with E-state index in [1.807, 2.05) is 18.2 Å². The number of rotatable bonds is 1. The summed E-state index contributed by atoms with van der Waals surface area (Å²) in [4.78, 5) is 4.75. The molecular formula is C19H14ClNS. The van der Waals surface area contributed by atoms with E-state index in [-0.39, 0.29) is 0 Å². The normalized spacial score (nSPS) is 12.7. The van der Waals surface area contributed by atoms with E-state index >= 15 is 0 Å². The summed E-state index contributed by atoms with van der Waals surface area (Å²) in [5.74, 6) is 0. The number of anilines is 3. The van der Waals surface area contributed by atoms with Crippen molar-refractivity contribution in [2.24, 2.45) is 0 Å². The average molecular weight is 324 g/mol. The second-order valence-corrected chi connectivity index (χ2v) is 6.88. The lowest BCUT2D eigenvalue weighted by atomic mass is 10.1. The molecule has 0 N–H and O–H groups in total. The van der Waals surface area contributed by atoms with Gasteiger partial charge in [0.15, 0.2) is 0 Å². The Kier molecular flexibility index (Phi) is 3.36. The molecule has 0 radical (unpaired) electrons. The quantitative estimate of drug-likeness (QED) is 0.389. The first kappa shape index (κ1) is 13.7. The van der Waals surface area contributed by atoms with Crippen molar-refractivity contribution in [3.63, 3.8) is 0 Å². The van der Waals surface area contributed by atoms with Crippen LogP contribution in [0.15, 0.2) is 76.5 Å². The standard InChI is InChI=1S/C19H14ClNS/c1-13-7-10-18-17(11-13)21(15-5-3-2-4-6-15)16-9-8-14(20)12-19(16)22-18/h2-12H,1H3. The topological polar surface area (TPSA) is 3.24 Å². The third-order valence-electron chi connectivity index (χ3n) is 3.75. The first-order chi connectivity index (χ1) is 10.7. The number of benzene rings is 3. The van der Waals surface area contributed by atoms with Crippen LogP contribution < -0.4 is 4.90 Å². The predicted octanol–water partition coefficient (Wildman–Crippen LogP) is 6.58. The van der Waals surface area contributed by atoms with E-state index in [2.05, 4.69) is 60.4 Å². The van der Waals surface area contributed by atoms with Crippen molar-refractivity contribution in [2.75, 3.05) is 4.90 Å². The van der Waals surface area contributed by atoms with E-state index < -0.39 is 0 Å². The summed E-state index contributed by atoms with van der Waals surface area (Å²) < 4.78 is 0. The van der Waals surface area contributed by atoms with Gasteiger partial charge in [0.1, 0.15) is 0 Å². The molecule has 0 saturated carbocycles. The van der Waals surface area contributed by atoms with Crippen molar-refractivity contribution in [3.05, 3.63) is 77.3 Å². The van der Waals surface area contributed by atoms with Gasteiger partial charge in [0, 0.05) is 20.5 Å². The number of hydrogen-bond acceptors (Lipinski definition) is 2. The summed E-state index contributed by atoms with van der Waals surface area (Å²) >= 11 is 7.97. The zero-order chi connectivity index (χ0) is 15.1. The van der Waals surface area contributed by atoms with Gasteiger partial charge >= 0.3 is 0 Å². The maximum absolute atomic E-state index is 6.19. The highest BCUT2D eigenvalue weighted by Gasteiger charge is 2.24. The SMILES string of the molecule is Cc1ccc2c(c1)N(c1ccccc1)c1ccc(Cl)cc1S2. The first-order valence-corrected chi connectivity index (χ1v) is 8.35. The summed E-state index contributed by atoms with van der Waals surface area (Å²) in [6.07, 6.45) is 0. The molecule has 3 aromatic carbocycles. The van der Waals surface area contributed by atoms with Gasteiger partial charge in [-0.2, -0.15) is 0 Å². The summed E-state index contributed by atoms with van der Waals surface area (Å²) in [7, 11) is 0. The van der Waals surface area contributed by atoms with Crippen molar-refractivity contribution in [3.8, 4) is 0 Å². The van der Waals surface area contributed by atoms with Crippen LogP contribution in [0.3, 0.4) is 0 Å². The van der Waals surface area contributed by atoms with Crippen LogP contribution in [0.25, 0.3) is 0 Å². The molecule has 1 aliphatic rings. The number of halogens is 1. The first-order valence-electron chi connectivity index (χ1n) is 7.15. The van der Waals surface area contributed by atoms with E-state index in [4.69, 9.17) is 11.6 Å². The Morgan fingerprint density at radius 1 is 0.818 bits per heavy atom. The van der Waals surface area contributed by atoms with E-state index in [0.29, 0.717) is 0 Å². The Morgan fingerprint density at radius 2 is 1.64 bits per heavy atom. The summed E-state index contributed by atoms with van der Waals surface area (Å²) in [5.41, 5.74) is 4.83. The third kappa shape index (κ3) is 2.29. The van der Waals surface area contributed by atoms with E-state index in [0.717, 1.165) is 5.02 Å². The smallest absolute Gasteiger partial charge is 0.0604 e. The van der Waals surface area contributed by atoms with Crippen LogP contribution in [-0.2, 0) is 0 Å². The van der Waals surface area contributed by atoms with Gasteiger partial charge in [-0.1, -0.05) is 47.6 Å². The molecule has 1 aliphatic heterocycles. The van der Waals surface area contributed by atoms with Crippen molar-refractivity contribution in [1.82, 2.24) is 0 Å². The predicted molar refractivity (Wildman–Crippen MR) is 95.0 cm³/mol. The van der Waals surface area contributed by atoms with Crippen LogP contribution in [0.5, 0.6) is 0 Å². The minimum atomic E-state index is 0.773. The molecule has 0 aromatic heterocycles. The molecule has 3 aromatic rings. The van der Waals surface area contributed by atoms with Crippen molar-refractivity contribution >= 4 is 40.4 Å². The van der Waals surface area contributed by atoms with Crippen LogP contribution >= 0.6 is 23.4 Å². The zero-order valence-corrected chi connectivity index (χ0v) is 13.7. The lowest BCUT2D eigenvalue weighted by Crippen LogP contribution is -2.14. The number of fused-ring (bicyclic) bond motifs is 2. The Bertz CT molecular complexity index is 845. The number of para-hydroxylation sites is 1. The Balaban J connectivity index is 1.98. The van der Waals surface area contributed by atoms with Gasteiger partial charge < -0.3 is 4.90 Å². The van der Waals surface area contributed by atoms with Crippen LogP contribution in [0, 0.1) is 6.92 Å². The number of hydrogen-bond donors (Lipinski definition) is 0. The van der Waals surface area contributed by atoms with Crippen LogP contribution in [0.2, 0.25) is 5.02 Å². The van der Waals surface area contributed by atoms with Crippen molar-refractivity contribution < 1.29 is 0 Å². The monoisotopic (exact) mass is 323 g/mol. The van der Waals surface area contributed by atoms with Gasteiger partial charge in [0.25, 0.3) is 0 Å². The largest absolute Gasteiger partial charge is 0.308 e. The molecule has 0 fully saturated rings. The van der Waals surface area contributed by atoms with Gasteiger partial charge in [-0.3, -0.25) is 0 Å². The maximum atomic E-state index is 6.19. The minimum Gasteiger partial charge on any atom is -0.308 e. The maximum Gasteiger partial charge on any atom is 0.0604 e. The molecule has 0 amide bonds. The fourth-order valence-corrected chi connectivity index (χ4v) is 4.06. The highest BCUT2D eigenvalue weighted by Crippen LogP contribution is 2.51. The second-order valence-electron chi connectivity index (χ2n) is 5.36. The molecule has 0 unspecified atom stereocenters. The molecule has 3 heteroatoms. The van der Waals surface area contributed by atoms with Crippen molar-refractivity contribution in [2.45, 2.75) is 16.7 Å². The van der Waals surface area contributed by atoms with Crippen LogP contribution in [-0.4, -0.2) is 0 Å². The van der Waals surface area contributed by atoms with Crippen LogP contribution in [0.1, 0.15) is 5.56 Å². The molecule has 1 nitrogen and oxygen atoms in total. The lowest BCUT2D eigenvalue weighted by Gasteiger charge is -2.33. The molecule has 0 bridgehead atoms. The van der Waals surface area contributed by atoms with Gasteiger partial charge in [0.05, 0.1) is 11.4 Å². The molecule has 108 valence electrons. The number of nitrogens with zero attached hydrogens (tertiary/aromatic N) is 1. The molecule has 22 heavy (non-hydrogen) atoms. The molecule has 0 aliphatic carbocycles. The Labute approximate surface area is 139 Å². The lowest BCUT2D eigenvalue weighted by molar-refractivity contribution is 1.16. The van der Waals surface area contributed by atoms with E-state index in [1.54, 1.807) is 11.8 Å². The van der Waals surface area contributed by atoms with Gasteiger partial charge in [0.2, 0.25) is 0 Å². The fourth-order valence-electron chi connectivity index (χ4n) is 2.75. The third-order valence-corrected chi connectivity index (χ3v) is 5.10. The molecule has 0 atom stereocenters. The molecular weight excluding hydrogens is 310 g/mol.